The van der Waals surface area contributed by atoms with Gasteiger partial charge >= 0.3 is 0 Å². The molecule has 0 nitrogen and oxygen atoms in total. The van der Waals surface area contributed by atoms with Crippen molar-refractivity contribution in [2.24, 2.45) is 0 Å². The van der Waals surface area contributed by atoms with Crippen LogP contribution in [0.4, 0.5) is 0 Å². The molecule has 0 atom stereocenters. The topological polar surface area (TPSA) is 0 Å². The number of hydrogen-bond acceptors (Lipinski definition) is 0. The third kappa shape index (κ3) is 4.33. The van der Waals surface area contributed by atoms with Crippen LogP contribution in [-0.2, 0) is 19.5 Å². The van der Waals surface area contributed by atoms with Gasteiger partial charge in [-0.2, -0.15) is 0 Å². The van der Waals surface area contributed by atoms with Crippen LogP contribution in [0.15, 0.2) is 35.4 Å². The summed E-state index contributed by atoms with van der Waals surface area (Å²) in [6.07, 6.45) is 5.19. The summed E-state index contributed by atoms with van der Waals surface area (Å²) in [5.41, 5.74) is 0.768. The molecule has 0 unspecified atom stereocenters. The van der Waals surface area contributed by atoms with Crippen LogP contribution in [0.2, 0.25) is 0 Å². The summed E-state index contributed by atoms with van der Waals surface area (Å²) >= 11 is 11.3. The van der Waals surface area contributed by atoms with Gasteiger partial charge in [-0.1, -0.05) is 24.3 Å². The van der Waals surface area contributed by atoms with Crippen LogP contribution in [0, 0.1) is 5.38 Å². The number of halogens is 3. The van der Waals surface area contributed by atoms with E-state index in [1.165, 1.54) is 0 Å². The van der Waals surface area contributed by atoms with Gasteiger partial charge in [-0.15, -0.1) is 11.6 Å². The van der Waals surface area contributed by atoms with Crippen molar-refractivity contribution in [2.45, 2.75) is 0 Å². The minimum Gasteiger partial charge on any atom is -1.00 e. The third-order valence-electron chi connectivity index (χ3n) is 1.01. The first-order chi connectivity index (χ1) is 4.20. The summed E-state index contributed by atoms with van der Waals surface area (Å²) < 4.78 is 0. The van der Waals surface area contributed by atoms with Crippen molar-refractivity contribution in [1.29, 1.82) is 0 Å². The quantitative estimate of drug-likeness (QED) is 0.539. The maximum Gasteiger partial charge on any atom is 0.114 e. The second-order valence-electron chi connectivity index (χ2n) is 1.74. The summed E-state index contributed by atoms with van der Waals surface area (Å²) in [7, 11) is 0. The molecule has 0 aromatic heterocycles. The molecule has 1 aliphatic rings. The van der Waals surface area contributed by atoms with Crippen molar-refractivity contribution < 1.29 is 31.9 Å². The van der Waals surface area contributed by atoms with E-state index >= 15 is 0 Å². The molecule has 0 aliphatic heterocycles. The second-order valence-corrected chi connectivity index (χ2v) is 2.58. The van der Waals surface area contributed by atoms with Gasteiger partial charge < -0.3 is 12.4 Å². The van der Waals surface area contributed by atoms with Crippen LogP contribution in [0.1, 0.15) is 0 Å². The van der Waals surface area contributed by atoms with E-state index in [9.17, 15) is 0 Å². The Bertz CT molecular complexity index is 196. The second kappa shape index (κ2) is 6.25. The molecule has 1 aliphatic carbocycles. The smallest absolute Gasteiger partial charge is 0.114 e. The summed E-state index contributed by atoms with van der Waals surface area (Å²) in [4.78, 5) is 0. The monoisotopic (exact) mass is 258 g/mol. The molecule has 0 heterocycles. The molecular weight excluding hydrogens is 256 g/mol. The van der Waals surface area contributed by atoms with Crippen LogP contribution in [0.25, 0.3) is 0 Å². The van der Waals surface area contributed by atoms with Crippen LogP contribution >= 0.6 is 23.2 Å². The van der Waals surface area contributed by atoms with Crippen LogP contribution in [0.3, 0.4) is 0 Å². The van der Waals surface area contributed by atoms with E-state index in [1.807, 2.05) is 0 Å². The van der Waals surface area contributed by atoms with E-state index in [1.54, 1.807) is 18.2 Å². The molecule has 0 spiro atoms. The molecule has 11 heavy (non-hydrogen) atoms. The maximum atomic E-state index is 5.66. The molecule has 0 aromatic carbocycles. The van der Waals surface area contributed by atoms with Gasteiger partial charge in [-0.05, 0) is 17.7 Å². The molecule has 4 heteroatoms. The van der Waals surface area contributed by atoms with Crippen molar-refractivity contribution >= 4 is 23.2 Å². The Morgan fingerprint density at radius 3 is 2.09 bits per heavy atom. The molecular formula is C7H5Cl3Zn-. The fraction of sp³-hybridized carbons (Fsp3) is 0. The van der Waals surface area contributed by atoms with E-state index in [0.29, 0.717) is 10.4 Å². The van der Waals surface area contributed by atoms with E-state index in [-0.39, 0.29) is 31.9 Å². The molecule has 0 bridgehead atoms. The molecule has 0 amide bonds. The normalized spacial score (nSPS) is 16.5. The standard InChI is InChI=1S/C7H5Cl2.ClH.Zn/c1-5-4-6(8)2-3-7(5)9;;/h2-4H,1H2;1H;/p-1. The van der Waals surface area contributed by atoms with Crippen molar-refractivity contribution in [3.63, 3.8) is 0 Å². The molecule has 0 saturated heterocycles. The van der Waals surface area contributed by atoms with Gasteiger partial charge in [0.25, 0.3) is 0 Å². The Morgan fingerprint density at radius 2 is 1.73 bits per heavy atom. The Labute approximate surface area is 95.5 Å². The average Bonchev–Trinajstić information content (AvgIpc) is 1.80. The van der Waals surface area contributed by atoms with Crippen LogP contribution < -0.4 is 12.4 Å². The predicted molar refractivity (Wildman–Crippen MR) is 41.3 cm³/mol. The first-order valence-corrected chi connectivity index (χ1v) is 3.23. The van der Waals surface area contributed by atoms with Crippen LogP contribution in [0.5, 0.6) is 0 Å². The molecule has 1 radical (unpaired) electrons. The Morgan fingerprint density at radius 1 is 1.18 bits per heavy atom. The molecule has 0 N–H and O–H groups in total. The van der Waals surface area contributed by atoms with Crippen molar-refractivity contribution in [3.05, 3.63) is 40.8 Å². The van der Waals surface area contributed by atoms with Crippen molar-refractivity contribution in [1.82, 2.24) is 0 Å². The van der Waals surface area contributed by atoms with E-state index in [4.69, 9.17) is 23.2 Å². The third-order valence-corrected chi connectivity index (χ3v) is 1.61. The zero-order chi connectivity index (χ0) is 6.85. The SMILES string of the molecule is C=C1C=C(Cl)C=C[C]1Cl.[Cl-].[Zn]. The number of rotatable bonds is 0. The van der Waals surface area contributed by atoms with Gasteiger partial charge in [0.2, 0.25) is 0 Å². The van der Waals surface area contributed by atoms with Gasteiger partial charge in [0.1, 0.15) is 5.38 Å². The largest absolute Gasteiger partial charge is 1.00 e. The molecule has 0 saturated carbocycles. The fourth-order valence-corrected chi connectivity index (χ4v) is 0.856. The van der Waals surface area contributed by atoms with Gasteiger partial charge in [0.05, 0.1) is 0 Å². The molecule has 1 rings (SSSR count). The zero-order valence-corrected chi connectivity index (χ0v) is 11.0. The van der Waals surface area contributed by atoms with E-state index in [0.717, 1.165) is 5.57 Å². The Kier molecular flexibility index (Phi) is 8.10. The molecule has 0 aromatic rings. The first-order valence-electron chi connectivity index (χ1n) is 2.47. The molecule has 57 valence electrons. The first kappa shape index (κ1) is 14.2. The van der Waals surface area contributed by atoms with Crippen molar-refractivity contribution in [3.8, 4) is 0 Å². The van der Waals surface area contributed by atoms with Gasteiger partial charge in [-0.3, -0.25) is 0 Å². The Balaban J connectivity index is 0. The van der Waals surface area contributed by atoms with Gasteiger partial charge in [0.15, 0.2) is 0 Å². The zero-order valence-electron chi connectivity index (χ0n) is 5.78. The van der Waals surface area contributed by atoms with Gasteiger partial charge in [-0.25, -0.2) is 0 Å². The van der Waals surface area contributed by atoms with Crippen molar-refractivity contribution in [2.75, 3.05) is 0 Å². The summed E-state index contributed by atoms with van der Waals surface area (Å²) in [5.74, 6) is 0. The van der Waals surface area contributed by atoms with E-state index < -0.39 is 0 Å². The minimum absolute atomic E-state index is 0. The number of allylic oxidation sites excluding steroid dienone is 5. The van der Waals surface area contributed by atoms with Crippen LogP contribution in [-0.4, -0.2) is 0 Å². The number of hydrogen-bond donors (Lipinski definition) is 0. The summed E-state index contributed by atoms with van der Waals surface area (Å²) in [6, 6.07) is 0. The Hall–Kier alpha value is 0.713. The minimum atomic E-state index is 0. The maximum absolute atomic E-state index is 5.66. The predicted octanol–water partition coefficient (Wildman–Crippen LogP) is 0.00739. The van der Waals surface area contributed by atoms with E-state index in [2.05, 4.69) is 6.58 Å². The summed E-state index contributed by atoms with van der Waals surface area (Å²) in [5, 5.41) is 1.32. The average molecular weight is 261 g/mol. The summed E-state index contributed by atoms with van der Waals surface area (Å²) in [6.45, 7) is 3.66. The van der Waals surface area contributed by atoms with Gasteiger partial charge in [0, 0.05) is 24.5 Å². The fourth-order valence-electron chi connectivity index (χ4n) is 0.543. The molecule has 0 fully saturated rings.